The van der Waals surface area contributed by atoms with Crippen molar-refractivity contribution in [3.63, 3.8) is 0 Å². The Morgan fingerprint density at radius 3 is 2.03 bits per heavy atom. The van der Waals surface area contributed by atoms with Gasteiger partial charge in [-0.25, -0.2) is 13.1 Å². The van der Waals surface area contributed by atoms with Gasteiger partial charge in [0.05, 0.1) is 4.90 Å². The zero-order chi connectivity index (χ0) is 20.9. The molecule has 2 aromatic rings. The highest BCUT2D eigenvalue weighted by Crippen LogP contribution is 2.15. The van der Waals surface area contributed by atoms with Gasteiger partial charge in [0.25, 0.3) is 0 Å². The summed E-state index contributed by atoms with van der Waals surface area (Å²) in [5, 5.41) is 1.19. The molecule has 3 rings (SSSR count). The van der Waals surface area contributed by atoms with Crippen LogP contribution >= 0.6 is 23.2 Å². The molecule has 9 heteroatoms. The zero-order valence-corrected chi connectivity index (χ0v) is 18.2. The molecule has 1 saturated heterocycles. The van der Waals surface area contributed by atoms with Crippen molar-refractivity contribution < 1.29 is 13.2 Å². The van der Waals surface area contributed by atoms with E-state index in [-0.39, 0.29) is 23.8 Å². The maximum Gasteiger partial charge on any atom is 0.240 e. The van der Waals surface area contributed by atoms with E-state index in [0.717, 1.165) is 24.7 Å². The molecule has 1 amide bonds. The molecule has 0 atom stereocenters. The number of amides is 1. The molecule has 0 saturated carbocycles. The van der Waals surface area contributed by atoms with Gasteiger partial charge in [-0.3, -0.25) is 9.69 Å². The Balaban J connectivity index is 1.41. The van der Waals surface area contributed by atoms with Crippen LogP contribution in [0.15, 0.2) is 53.4 Å². The third-order valence-corrected chi connectivity index (χ3v) is 6.78. The first-order valence-electron chi connectivity index (χ1n) is 9.33. The third-order valence-electron chi connectivity index (χ3n) is 4.80. The highest BCUT2D eigenvalue weighted by molar-refractivity contribution is 7.89. The Morgan fingerprint density at radius 2 is 1.45 bits per heavy atom. The highest BCUT2D eigenvalue weighted by atomic mass is 35.5. The number of carbonyl (C=O) groups is 1. The minimum atomic E-state index is -3.65. The Morgan fingerprint density at radius 1 is 0.897 bits per heavy atom. The minimum Gasteiger partial charge on any atom is -0.340 e. The smallest absolute Gasteiger partial charge is 0.240 e. The second-order valence-corrected chi connectivity index (χ2v) is 9.52. The number of rotatable bonds is 7. The molecule has 0 unspecified atom stereocenters. The van der Waals surface area contributed by atoms with Gasteiger partial charge in [-0.15, -0.1) is 0 Å². The summed E-state index contributed by atoms with van der Waals surface area (Å²) in [6.07, 6.45) is 0.129. The summed E-state index contributed by atoms with van der Waals surface area (Å²) in [5.74, 6) is -0.0463. The van der Waals surface area contributed by atoms with Crippen LogP contribution in [0.5, 0.6) is 0 Å². The first-order chi connectivity index (χ1) is 13.8. The van der Waals surface area contributed by atoms with Gasteiger partial charge in [-0.2, -0.15) is 0 Å². The van der Waals surface area contributed by atoms with Crippen molar-refractivity contribution in [2.45, 2.75) is 17.9 Å². The fourth-order valence-corrected chi connectivity index (χ4v) is 4.43. The average molecular weight is 456 g/mol. The van der Waals surface area contributed by atoms with Gasteiger partial charge in [0.1, 0.15) is 0 Å². The topological polar surface area (TPSA) is 69.7 Å². The van der Waals surface area contributed by atoms with Gasteiger partial charge in [0.15, 0.2) is 0 Å². The summed E-state index contributed by atoms with van der Waals surface area (Å²) in [7, 11) is -3.65. The van der Waals surface area contributed by atoms with Gasteiger partial charge >= 0.3 is 0 Å². The Hall–Kier alpha value is -1.64. The number of nitrogens with zero attached hydrogens (tertiary/aromatic N) is 2. The fourth-order valence-electron chi connectivity index (χ4n) is 3.15. The molecular weight excluding hydrogens is 433 g/mol. The molecular formula is C20H23Cl2N3O3S. The van der Waals surface area contributed by atoms with Gasteiger partial charge in [-0.1, -0.05) is 35.3 Å². The van der Waals surface area contributed by atoms with Crippen LogP contribution in [-0.2, 0) is 21.4 Å². The van der Waals surface area contributed by atoms with E-state index in [0.29, 0.717) is 18.1 Å². The summed E-state index contributed by atoms with van der Waals surface area (Å²) >= 11 is 11.7. The van der Waals surface area contributed by atoms with E-state index in [1.54, 1.807) is 4.90 Å². The molecule has 0 aliphatic carbocycles. The number of hydrogen-bond donors (Lipinski definition) is 1. The van der Waals surface area contributed by atoms with Gasteiger partial charge in [0, 0.05) is 55.7 Å². The molecule has 1 aliphatic rings. The van der Waals surface area contributed by atoms with Crippen molar-refractivity contribution in [2.75, 3.05) is 32.7 Å². The molecule has 0 radical (unpaired) electrons. The van der Waals surface area contributed by atoms with Crippen LogP contribution in [0, 0.1) is 0 Å². The van der Waals surface area contributed by atoms with Crippen LogP contribution in [0.2, 0.25) is 10.0 Å². The quantitative estimate of drug-likeness (QED) is 0.696. The van der Waals surface area contributed by atoms with Gasteiger partial charge in [-0.05, 0) is 42.0 Å². The lowest BCUT2D eigenvalue weighted by molar-refractivity contribution is -0.132. The third kappa shape index (κ3) is 6.42. The second-order valence-electron chi connectivity index (χ2n) is 6.89. The minimum absolute atomic E-state index is 0.0463. The predicted molar refractivity (Wildman–Crippen MR) is 115 cm³/mol. The van der Waals surface area contributed by atoms with Crippen LogP contribution in [0.25, 0.3) is 0 Å². The van der Waals surface area contributed by atoms with Crippen molar-refractivity contribution in [2.24, 2.45) is 0 Å². The number of carbonyl (C=O) groups excluding carboxylic acids is 1. The first kappa shape index (κ1) is 22.1. The molecule has 2 aromatic carbocycles. The number of hydrogen-bond acceptors (Lipinski definition) is 4. The van der Waals surface area contributed by atoms with E-state index in [1.807, 2.05) is 24.3 Å². The van der Waals surface area contributed by atoms with Crippen LogP contribution < -0.4 is 4.72 Å². The lowest BCUT2D eigenvalue weighted by Crippen LogP contribution is -2.48. The highest BCUT2D eigenvalue weighted by Gasteiger charge is 2.21. The van der Waals surface area contributed by atoms with Crippen LogP contribution in [0.4, 0.5) is 0 Å². The molecule has 1 fully saturated rings. The molecule has 6 nitrogen and oxygen atoms in total. The van der Waals surface area contributed by atoms with Crippen LogP contribution in [0.3, 0.4) is 0 Å². The number of benzene rings is 2. The van der Waals surface area contributed by atoms with E-state index in [1.165, 1.54) is 29.8 Å². The molecule has 156 valence electrons. The molecule has 1 heterocycles. The standard InChI is InChI=1S/C20H23Cl2N3O3S/c21-17-3-1-16(2-4-17)15-24-11-13-25(14-12-24)20(26)9-10-23-29(27,28)19-7-5-18(22)6-8-19/h1-8,23H,9-15H2. The average Bonchev–Trinajstić information content (AvgIpc) is 2.70. The first-order valence-corrected chi connectivity index (χ1v) is 11.6. The fraction of sp³-hybridized carbons (Fsp3) is 0.350. The summed E-state index contributed by atoms with van der Waals surface area (Å²) in [5.41, 5.74) is 1.19. The van der Waals surface area contributed by atoms with E-state index in [4.69, 9.17) is 23.2 Å². The maximum atomic E-state index is 12.4. The number of halogens is 2. The van der Waals surface area contributed by atoms with E-state index in [9.17, 15) is 13.2 Å². The number of nitrogens with one attached hydrogen (secondary N) is 1. The van der Waals surface area contributed by atoms with Crippen LogP contribution in [0.1, 0.15) is 12.0 Å². The number of piperazine rings is 1. The van der Waals surface area contributed by atoms with E-state index < -0.39 is 10.0 Å². The molecule has 29 heavy (non-hydrogen) atoms. The zero-order valence-electron chi connectivity index (χ0n) is 15.9. The van der Waals surface area contributed by atoms with E-state index in [2.05, 4.69) is 9.62 Å². The van der Waals surface area contributed by atoms with Gasteiger partial charge < -0.3 is 4.90 Å². The van der Waals surface area contributed by atoms with Crippen molar-refractivity contribution in [1.29, 1.82) is 0 Å². The molecule has 1 aliphatic heterocycles. The molecule has 1 N–H and O–H groups in total. The summed E-state index contributed by atoms with van der Waals surface area (Å²) in [6, 6.07) is 13.7. The van der Waals surface area contributed by atoms with Crippen molar-refractivity contribution in [3.05, 3.63) is 64.1 Å². The van der Waals surface area contributed by atoms with Crippen molar-refractivity contribution >= 4 is 39.1 Å². The number of sulfonamides is 1. The second kappa shape index (κ2) is 9.91. The molecule has 0 bridgehead atoms. The molecule has 0 aromatic heterocycles. The Bertz CT molecular complexity index is 926. The summed E-state index contributed by atoms with van der Waals surface area (Å²) in [4.78, 5) is 16.6. The predicted octanol–water partition coefficient (Wildman–Crippen LogP) is 3.01. The summed E-state index contributed by atoms with van der Waals surface area (Å²) < 4.78 is 27.0. The normalized spacial score (nSPS) is 15.4. The van der Waals surface area contributed by atoms with E-state index >= 15 is 0 Å². The summed E-state index contributed by atoms with van der Waals surface area (Å²) in [6.45, 7) is 3.72. The Labute approximate surface area is 181 Å². The lowest BCUT2D eigenvalue weighted by atomic mass is 10.2. The molecule has 0 spiro atoms. The Kier molecular flexibility index (Phi) is 7.54. The van der Waals surface area contributed by atoms with Gasteiger partial charge in [0.2, 0.25) is 15.9 Å². The monoisotopic (exact) mass is 455 g/mol. The largest absolute Gasteiger partial charge is 0.340 e. The van der Waals surface area contributed by atoms with Crippen molar-refractivity contribution in [3.8, 4) is 0 Å². The lowest BCUT2D eigenvalue weighted by Gasteiger charge is -2.34. The SMILES string of the molecule is O=C(CCNS(=O)(=O)c1ccc(Cl)cc1)N1CCN(Cc2ccc(Cl)cc2)CC1. The van der Waals surface area contributed by atoms with Crippen LogP contribution in [-0.4, -0.2) is 56.8 Å². The maximum absolute atomic E-state index is 12.4. The van der Waals surface area contributed by atoms with Crippen molar-refractivity contribution in [1.82, 2.24) is 14.5 Å².